The summed E-state index contributed by atoms with van der Waals surface area (Å²) >= 11 is 0. The number of nitro groups is 1. The number of methoxy groups -OCH3 is 1. The van der Waals surface area contributed by atoms with Gasteiger partial charge in [0, 0.05) is 12.1 Å². The monoisotopic (exact) mass is 236 g/mol. The van der Waals surface area contributed by atoms with E-state index >= 15 is 0 Å². The Labute approximate surface area is 99.9 Å². The summed E-state index contributed by atoms with van der Waals surface area (Å²) in [6, 6.07) is 5.62. The van der Waals surface area contributed by atoms with Crippen molar-refractivity contribution >= 4 is 5.69 Å². The van der Waals surface area contributed by atoms with Gasteiger partial charge >= 0.3 is 5.69 Å². The second kappa shape index (κ2) is 5.14. The predicted octanol–water partition coefficient (Wildman–Crippen LogP) is 1.90. The molecule has 1 unspecified atom stereocenters. The van der Waals surface area contributed by atoms with Gasteiger partial charge in [0.25, 0.3) is 0 Å². The Balaban J connectivity index is 2.17. The van der Waals surface area contributed by atoms with Gasteiger partial charge in [-0.05, 0) is 37.4 Å². The molecule has 1 N–H and O–H groups in total. The molecular formula is C12H16N2O3. The predicted molar refractivity (Wildman–Crippen MR) is 64.4 cm³/mol. The van der Waals surface area contributed by atoms with Gasteiger partial charge in [-0.1, -0.05) is 6.07 Å². The van der Waals surface area contributed by atoms with Crippen LogP contribution < -0.4 is 10.1 Å². The van der Waals surface area contributed by atoms with Crippen molar-refractivity contribution in [3.8, 4) is 5.75 Å². The van der Waals surface area contributed by atoms with Crippen molar-refractivity contribution < 1.29 is 9.66 Å². The van der Waals surface area contributed by atoms with Crippen molar-refractivity contribution in [1.82, 2.24) is 5.32 Å². The van der Waals surface area contributed by atoms with Crippen molar-refractivity contribution in [2.24, 2.45) is 0 Å². The van der Waals surface area contributed by atoms with Crippen LogP contribution in [0, 0.1) is 10.1 Å². The number of nitro benzene ring substituents is 1. The number of ether oxygens (including phenoxy) is 1. The zero-order chi connectivity index (χ0) is 12.3. The summed E-state index contributed by atoms with van der Waals surface area (Å²) in [6.45, 7) is 1.04. The molecule has 2 rings (SSSR count). The Morgan fingerprint density at radius 3 is 3.00 bits per heavy atom. The van der Waals surface area contributed by atoms with Gasteiger partial charge in [-0.25, -0.2) is 0 Å². The number of hydrogen-bond donors (Lipinski definition) is 1. The van der Waals surface area contributed by atoms with E-state index in [1.807, 2.05) is 6.07 Å². The van der Waals surface area contributed by atoms with Crippen LogP contribution in [0.1, 0.15) is 18.4 Å². The summed E-state index contributed by atoms with van der Waals surface area (Å²) in [5.41, 5.74) is 1.03. The summed E-state index contributed by atoms with van der Waals surface area (Å²) in [5, 5.41) is 14.3. The summed E-state index contributed by atoms with van der Waals surface area (Å²) < 4.78 is 4.97. The topological polar surface area (TPSA) is 64.4 Å². The van der Waals surface area contributed by atoms with Crippen LogP contribution in [0.4, 0.5) is 5.69 Å². The van der Waals surface area contributed by atoms with Crippen molar-refractivity contribution in [2.45, 2.75) is 25.3 Å². The molecule has 0 radical (unpaired) electrons. The minimum absolute atomic E-state index is 0.0444. The van der Waals surface area contributed by atoms with Crippen LogP contribution in [-0.4, -0.2) is 24.6 Å². The second-order valence-electron chi connectivity index (χ2n) is 4.26. The molecule has 0 amide bonds. The number of nitrogens with one attached hydrogen (secondary N) is 1. The van der Waals surface area contributed by atoms with E-state index in [4.69, 9.17) is 4.74 Å². The molecule has 1 aliphatic heterocycles. The molecule has 0 spiro atoms. The van der Waals surface area contributed by atoms with Gasteiger partial charge in [-0.15, -0.1) is 0 Å². The standard InChI is InChI=1S/C12H16N2O3/c1-17-12-5-4-9(8-11(12)14(15)16)7-10-3-2-6-13-10/h4-5,8,10,13H,2-3,6-7H2,1H3. The molecule has 0 saturated carbocycles. The maximum Gasteiger partial charge on any atom is 0.311 e. The third-order valence-corrected chi connectivity index (χ3v) is 3.08. The Morgan fingerprint density at radius 2 is 2.41 bits per heavy atom. The Morgan fingerprint density at radius 1 is 1.59 bits per heavy atom. The smallest absolute Gasteiger partial charge is 0.311 e. The zero-order valence-corrected chi connectivity index (χ0v) is 9.81. The van der Waals surface area contributed by atoms with E-state index in [0.717, 1.165) is 24.9 Å². The maximum atomic E-state index is 10.9. The highest BCUT2D eigenvalue weighted by molar-refractivity contribution is 5.48. The molecule has 0 bridgehead atoms. The quantitative estimate of drug-likeness (QED) is 0.640. The van der Waals surface area contributed by atoms with Crippen LogP contribution in [0.5, 0.6) is 5.75 Å². The first kappa shape index (κ1) is 11.9. The van der Waals surface area contributed by atoms with Gasteiger partial charge in [-0.2, -0.15) is 0 Å². The first-order valence-corrected chi connectivity index (χ1v) is 5.75. The van der Waals surface area contributed by atoms with Gasteiger partial charge in [-0.3, -0.25) is 10.1 Å². The summed E-state index contributed by atoms with van der Waals surface area (Å²) in [4.78, 5) is 10.5. The molecule has 0 aliphatic carbocycles. The van der Waals surface area contributed by atoms with Crippen molar-refractivity contribution in [1.29, 1.82) is 0 Å². The third kappa shape index (κ3) is 2.74. The molecule has 5 nitrogen and oxygen atoms in total. The average Bonchev–Trinajstić information content (AvgIpc) is 2.81. The minimum Gasteiger partial charge on any atom is -0.490 e. The largest absolute Gasteiger partial charge is 0.490 e. The van der Waals surface area contributed by atoms with Gasteiger partial charge < -0.3 is 10.1 Å². The molecule has 0 aromatic heterocycles. The number of nitrogens with zero attached hydrogens (tertiary/aromatic N) is 1. The first-order chi connectivity index (χ1) is 8.20. The SMILES string of the molecule is COc1ccc(CC2CCCN2)cc1[N+](=O)[O-]. The third-order valence-electron chi connectivity index (χ3n) is 3.08. The molecular weight excluding hydrogens is 220 g/mol. The lowest BCUT2D eigenvalue weighted by atomic mass is 10.0. The molecule has 17 heavy (non-hydrogen) atoms. The molecule has 5 heteroatoms. The fourth-order valence-electron chi connectivity index (χ4n) is 2.22. The van der Waals surface area contributed by atoms with E-state index < -0.39 is 4.92 Å². The molecule has 92 valence electrons. The molecule has 1 aliphatic rings. The summed E-state index contributed by atoms with van der Waals surface area (Å²) in [7, 11) is 1.44. The van der Waals surface area contributed by atoms with Crippen LogP contribution in [0.3, 0.4) is 0 Å². The van der Waals surface area contributed by atoms with E-state index in [2.05, 4.69) is 5.32 Å². The van der Waals surface area contributed by atoms with E-state index in [1.165, 1.54) is 13.5 Å². The summed E-state index contributed by atoms with van der Waals surface area (Å²) in [6.07, 6.45) is 3.16. The Kier molecular flexibility index (Phi) is 3.58. The van der Waals surface area contributed by atoms with Crippen LogP contribution >= 0.6 is 0 Å². The molecule has 1 aromatic carbocycles. The molecule has 1 atom stereocenters. The second-order valence-corrected chi connectivity index (χ2v) is 4.26. The highest BCUT2D eigenvalue weighted by atomic mass is 16.6. The molecule has 1 heterocycles. The highest BCUT2D eigenvalue weighted by Gasteiger charge is 2.18. The van der Waals surface area contributed by atoms with Crippen LogP contribution in [-0.2, 0) is 6.42 Å². The van der Waals surface area contributed by atoms with Crippen LogP contribution in [0.25, 0.3) is 0 Å². The lowest BCUT2D eigenvalue weighted by Gasteiger charge is -2.10. The fourth-order valence-corrected chi connectivity index (χ4v) is 2.22. The first-order valence-electron chi connectivity index (χ1n) is 5.75. The molecule has 1 fully saturated rings. The number of hydrogen-bond acceptors (Lipinski definition) is 4. The molecule has 1 aromatic rings. The van der Waals surface area contributed by atoms with Gasteiger partial charge in [0.05, 0.1) is 12.0 Å². The Bertz CT molecular complexity index is 414. The van der Waals surface area contributed by atoms with Crippen molar-refractivity contribution in [3.63, 3.8) is 0 Å². The van der Waals surface area contributed by atoms with Crippen molar-refractivity contribution in [3.05, 3.63) is 33.9 Å². The lowest BCUT2D eigenvalue weighted by Crippen LogP contribution is -2.23. The van der Waals surface area contributed by atoms with Crippen LogP contribution in [0.2, 0.25) is 0 Å². The normalized spacial score (nSPS) is 19.2. The Hall–Kier alpha value is -1.62. The number of benzene rings is 1. The number of rotatable bonds is 4. The van der Waals surface area contributed by atoms with E-state index in [9.17, 15) is 10.1 Å². The van der Waals surface area contributed by atoms with E-state index in [-0.39, 0.29) is 5.69 Å². The van der Waals surface area contributed by atoms with Gasteiger partial charge in [0.15, 0.2) is 5.75 Å². The fraction of sp³-hybridized carbons (Fsp3) is 0.500. The maximum absolute atomic E-state index is 10.9. The van der Waals surface area contributed by atoms with E-state index in [0.29, 0.717) is 11.8 Å². The molecule has 1 saturated heterocycles. The summed E-state index contributed by atoms with van der Waals surface area (Å²) in [5.74, 6) is 0.318. The zero-order valence-electron chi connectivity index (χ0n) is 9.81. The average molecular weight is 236 g/mol. The van der Waals surface area contributed by atoms with E-state index in [1.54, 1.807) is 12.1 Å². The van der Waals surface area contributed by atoms with Gasteiger partial charge in [0.2, 0.25) is 0 Å². The van der Waals surface area contributed by atoms with Crippen molar-refractivity contribution in [2.75, 3.05) is 13.7 Å². The van der Waals surface area contributed by atoms with Crippen LogP contribution in [0.15, 0.2) is 18.2 Å². The highest BCUT2D eigenvalue weighted by Crippen LogP contribution is 2.28. The lowest BCUT2D eigenvalue weighted by molar-refractivity contribution is -0.385. The minimum atomic E-state index is -0.398. The van der Waals surface area contributed by atoms with Gasteiger partial charge in [0.1, 0.15) is 0 Å².